The SMILES string of the molecule is NC(=O)C(Cn1cccn1)(NC1CC1)c1ccccc1. The summed E-state index contributed by atoms with van der Waals surface area (Å²) in [6.45, 7) is 0.399. The summed E-state index contributed by atoms with van der Waals surface area (Å²) in [4.78, 5) is 12.2. The van der Waals surface area contributed by atoms with E-state index in [4.69, 9.17) is 5.73 Å². The van der Waals surface area contributed by atoms with Gasteiger partial charge in [0, 0.05) is 18.4 Å². The van der Waals surface area contributed by atoms with Crippen molar-refractivity contribution in [3.63, 3.8) is 0 Å². The second-order valence-corrected chi connectivity index (χ2v) is 5.26. The topological polar surface area (TPSA) is 72.9 Å². The molecule has 1 unspecified atom stereocenters. The molecule has 1 fully saturated rings. The van der Waals surface area contributed by atoms with Crippen molar-refractivity contribution in [1.29, 1.82) is 0 Å². The Labute approximate surface area is 117 Å². The Balaban J connectivity index is 2.01. The molecule has 1 aromatic carbocycles. The number of carbonyl (C=O) groups excluding carboxylic acids is 1. The third-order valence-corrected chi connectivity index (χ3v) is 3.67. The fourth-order valence-electron chi connectivity index (χ4n) is 2.45. The van der Waals surface area contributed by atoms with Crippen LogP contribution in [0, 0.1) is 0 Å². The van der Waals surface area contributed by atoms with Crippen LogP contribution in [0.1, 0.15) is 18.4 Å². The number of nitrogens with zero attached hydrogens (tertiary/aromatic N) is 2. The number of hydrogen-bond acceptors (Lipinski definition) is 3. The summed E-state index contributed by atoms with van der Waals surface area (Å²) in [5, 5.41) is 7.63. The zero-order chi connectivity index (χ0) is 14.0. The van der Waals surface area contributed by atoms with Crippen LogP contribution in [0.4, 0.5) is 0 Å². The summed E-state index contributed by atoms with van der Waals surface area (Å²) in [5.74, 6) is -0.369. The van der Waals surface area contributed by atoms with Crippen LogP contribution in [0.5, 0.6) is 0 Å². The molecular formula is C15H18N4O. The highest BCUT2D eigenvalue weighted by Gasteiger charge is 2.43. The van der Waals surface area contributed by atoms with Gasteiger partial charge in [-0.2, -0.15) is 5.10 Å². The molecule has 3 rings (SSSR count). The van der Waals surface area contributed by atoms with Crippen LogP contribution >= 0.6 is 0 Å². The van der Waals surface area contributed by atoms with Crippen molar-refractivity contribution < 1.29 is 4.79 Å². The normalized spacial score (nSPS) is 17.6. The Morgan fingerprint density at radius 3 is 2.65 bits per heavy atom. The first-order valence-corrected chi connectivity index (χ1v) is 6.81. The van der Waals surface area contributed by atoms with E-state index in [9.17, 15) is 4.79 Å². The molecule has 20 heavy (non-hydrogen) atoms. The van der Waals surface area contributed by atoms with Crippen molar-refractivity contribution in [1.82, 2.24) is 15.1 Å². The number of nitrogens with one attached hydrogen (secondary N) is 1. The molecule has 3 N–H and O–H groups in total. The van der Waals surface area contributed by atoms with Gasteiger partial charge in [0.25, 0.3) is 0 Å². The zero-order valence-corrected chi connectivity index (χ0v) is 11.2. The van der Waals surface area contributed by atoms with Gasteiger partial charge in [-0.25, -0.2) is 0 Å². The number of carbonyl (C=O) groups is 1. The second kappa shape index (κ2) is 5.09. The molecule has 0 bridgehead atoms. The van der Waals surface area contributed by atoms with E-state index in [1.165, 1.54) is 0 Å². The Hall–Kier alpha value is -2.14. The van der Waals surface area contributed by atoms with Crippen molar-refractivity contribution in [3.05, 3.63) is 54.4 Å². The fourth-order valence-corrected chi connectivity index (χ4v) is 2.45. The number of rotatable bonds is 6. The maximum atomic E-state index is 12.2. The van der Waals surface area contributed by atoms with E-state index >= 15 is 0 Å². The molecule has 1 aliphatic rings. The number of hydrogen-bond donors (Lipinski definition) is 2. The Kier molecular flexibility index (Phi) is 3.28. The van der Waals surface area contributed by atoms with E-state index in [0.717, 1.165) is 18.4 Å². The van der Waals surface area contributed by atoms with Crippen LogP contribution in [-0.4, -0.2) is 21.7 Å². The van der Waals surface area contributed by atoms with E-state index in [1.807, 2.05) is 42.6 Å². The molecule has 1 aliphatic carbocycles. The molecule has 1 heterocycles. The molecule has 2 aromatic rings. The predicted molar refractivity (Wildman–Crippen MR) is 75.7 cm³/mol. The highest BCUT2D eigenvalue weighted by Crippen LogP contribution is 2.30. The van der Waals surface area contributed by atoms with Crippen LogP contribution < -0.4 is 11.1 Å². The highest BCUT2D eigenvalue weighted by atomic mass is 16.1. The van der Waals surface area contributed by atoms with Crippen LogP contribution in [0.3, 0.4) is 0 Å². The van der Waals surface area contributed by atoms with Crippen molar-refractivity contribution in [2.75, 3.05) is 0 Å². The van der Waals surface area contributed by atoms with Gasteiger partial charge in [-0.1, -0.05) is 30.3 Å². The quantitative estimate of drug-likeness (QED) is 0.823. The minimum Gasteiger partial charge on any atom is -0.368 e. The zero-order valence-electron chi connectivity index (χ0n) is 11.2. The number of aromatic nitrogens is 2. The lowest BCUT2D eigenvalue weighted by molar-refractivity contribution is -0.125. The van der Waals surface area contributed by atoms with Gasteiger partial charge in [-0.15, -0.1) is 0 Å². The van der Waals surface area contributed by atoms with Crippen LogP contribution in [0.2, 0.25) is 0 Å². The molecule has 0 spiro atoms. The van der Waals surface area contributed by atoms with Gasteiger partial charge in [0.2, 0.25) is 5.91 Å². The molecule has 0 radical (unpaired) electrons. The minimum absolute atomic E-state index is 0.360. The summed E-state index contributed by atoms with van der Waals surface area (Å²) in [6, 6.07) is 11.8. The molecule has 104 valence electrons. The van der Waals surface area contributed by atoms with Crippen molar-refractivity contribution in [2.45, 2.75) is 31.0 Å². The first kappa shape index (κ1) is 12.9. The lowest BCUT2D eigenvalue weighted by Gasteiger charge is -2.32. The highest BCUT2D eigenvalue weighted by molar-refractivity contribution is 5.86. The van der Waals surface area contributed by atoms with E-state index in [0.29, 0.717) is 12.6 Å². The summed E-state index contributed by atoms with van der Waals surface area (Å²) in [7, 11) is 0. The van der Waals surface area contributed by atoms with Gasteiger partial charge >= 0.3 is 0 Å². The number of amides is 1. The summed E-state index contributed by atoms with van der Waals surface area (Å²) >= 11 is 0. The fraction of sp³-hybridized carbons (Fsp3) is 0.333. The first-order valence-electron chi connectivity index (χ1n) is 6.81. The van der Waals surface area contributed by atoms with Crippen LogP contribution in [0.25, 0.3) is 0 Å². The van der Waals surface area contributed by atoms with Gasteiger partial charge < -0.3 is 5.73 Å². The lowest BCUT2D eigenvalue weighted by Crippen LogP contribution is -2.56. The molecule has 1 amide bonds. The first-order chi connectivity index (χ1) is 9.71. The van der Waals surface area contributed by atoms with Gasteiger partial charge in [-0.05, 0) is 24.5 Å². The number of benzene rings is 1. The van der Waals surface area contributed by atoms with E-state index in [1.54, 1.807) is 10.9 Å². The third kappa shape index (κ3) is 2.44. The maximum Gasteiger partial charge on any atom is 0.244 e. The van der Waals surface area contributed by atoms with Crippen LogP contribution in [0.15, 0.2) is 48.8 Å². The standard InChI is InChI=1S/C15H18N4O/c16-14(20)15(18-13-7-8-13,11-19-10-4-9-17-19)12-5-2-1-3-6-12/h1-6,9-10,13,18H,7-8,11H2,(H2,16,20). The molecular weight excluding hydrogens is 252 g/mol. The average molecular weight is 270 g/mol. The summed E-state index contributed by atoms with van der Waals surface area (Å²) in [6.07, 6.45) is 5.71. The summed E-state index contributed by atoms with van der Waals surface area (Å²) < 4.78 is 1.74. The minimum atomic E-state index is -0.908. The average Bonchev–Trinajstić information content (AvgIpc) is 3.12. The van der Waals surface area contributed by atoms with Crippen molar-refractivity contribution in [2.24, 2.45) is 5.73 Å². The van der Waals surface area contributed by atoms with Crippen LogP contribution in [-0.2, 0) is 16.9 Å². The Morgan fingerprint density at radius 2 is 2.10 bits per heavy atom. The van der Waals surface area contributed by atoms with Gasteiger partial charge in [0.1, 0.15) is 5.54 Å². The van der Waals surface area contributed by atoms with E-state index < -0.39 is 5.54 Å². The summed E-state index contributed by atoms with van der Waals surface area (Å²) in [5.41, 5.74) is 5.73. The second-order valence-electron chi connectivity index (χ2n) is 5.26. The van der Waals surface area contributed by atoms with Gasteiger partial charge in [-0.3, -0.25) is 14.8 Å². The Morgan fingerprint density at radius 1 is 1.35 bits per heavy atom. The molecule has 1 atom stereocenters. The smallest absolute Gasteiger partial charge is 0.244 e. The molecule has 5 nitrogen and oxygen atoms in total. The van der Waals surface area contributed by atoms with E-state index in [-0.39, 0.29) is 5.91 Å². The monoisotopic (exact) mass is 270 g/mol. The molecule has 0 aliphatic heterocycles. The number of primary amides is 1. The largest absolute Gasteiger partial charge is 0.368 e. The third-order valence-electron chi connectivity index (χ3n) is 3.67. The molecule has 5 heteroatoms. The predicted octanol–water partition coefficient (Wildman–Crippen LogP) is 1.02. The van der Waals surface area contributed by atoms with Gasteiger partial charge in [0.05, 0.1) is 6.54 Å². The van der Waals surface area contributed by atoms with Crippen molar-refractivity contribution >= 4 is 5.91 Å². The van der Waals surface area contributed by atoms with Crippen molar-refractivity contribution in [3.8, 4) is 0 Å². The van der Waals surface area contributed by atoms with Gasteiger partial charge in [0.15, 0.2) is 0 Å². The number of nitrogens with two attached hydrogens (primary N) is 1. The Bertz CT molecular complexity index is 577. The molecule has 0 saturated heterocycles. The maximum absolute atomic E-state index is 12.2. The lowest BCUT2D eigenvalue weighted by atomic mass is 9.88. The molecule has 1 aromatic heterocycles. The molecule has 1 saturated carbocycles. The van der Waals surface area contributed by atoms with E-state index in [2.05, 4.69) is 10.4 Å².